The molecule has 2 heterocycles. The van der Waals surface area contributed by atoms with Crippen LogP contribution in [0.3, 0.4) is 0 Å². The molecule has 5 nitrogen and oxygen atoms in total. The van der Waals surface area contributed by atoms with Crippen LogP contribution in [0.4, 0.5) is 9.59 Å². The number of hydrogen-bond acceptors (Lipinski definition) is 4. The lowest BCUT2D eigenvalue weighted by atomic mass is 10.4. The zero-order valence-corrected chi connectivity index (χ0v) is 7.04. The third-order valence-electron chi connectivity index (χ3n) is 1.76. The SMILES string of the molecule is O=C1[N]C(N2CCSC2=O)CO1. The van der Waals surface area contributed by atoms with Crippen LogP contribution in [-0.2, 0) is 4.74 Å². The van der Waals surface area contributed by atoms with E-state index in [0.29, 0.717) is 6.54 Å². The number of cyclic esters (lactones) is 1. The standard InChI is InChI=1S/C6H7N2O3S/c9-5-7-4(3-11-5)8-1-2-12-6(8)10/h4H,1-3H2. The Morgan fingerprint density at radius 2 is 2.42 bits per heavy atom. The number of carbonyl (C=O) groups excluding carboxylic acids is 2. The molecule has 0 spiro atoms. The van der Waals surface area contributed by atoms with E-state index in [1.807, 2.05) is 0 Å². The molecule has 0 aromatic rings. The van der Waals surface area contributed by atoms with Gasteiger partial charge in [-0.3, -0.25) is 4.79 Å². The van der Waals surface area contributed by atoms with Gasteiger partial charge in [-0.05, 0) is 0 Å². The van der Waals surface area contributed by atoms with E-state index in [-0.39, 0.29) is 18.0 Å². The van der Waals surface area contributed by atoms with Gasteiger partial charge in [-0.1, -0.05) is 11.8 Å². The second-order valence-electron chi connectivity index (χ2n) is 2.49. The number of hydrogen-bond donors (Lipinski definition) is 0. The summed E-state index contributed by atoms with van der Waals surface area (Å²) >= 11 is 1.25. The largest absolute Gasteiger partial charge is 0.444 e. The van der Waals surface area contributed by atoms with Crippen molar-refractivity contribution in [1.29, 1.82) is 0 Å². The molecule has 1 unspecified atom stereocenters. The summed E-state index contributed by atoms with van der Waals surface area (Å²) in [6.45, 7) is 0.874. The molecule has 1 atom stereocenters. The fraction of sp³-hybridized carbons (Fsp3) is 0.667. The van der Waals surface area contributed by atoms with E-state index in [0.717, 1.165) is 5.75 Å². The van der Waals surface area contributed by atoms with Crippen molar-refractivity contribution in [2.24, 2.45) is 0 Å². The van der Waals surface area contributed by atoms with Crippen LogP contribution in [-0.4, -0.2) is 41.3 Å². The van der Waals surface area contributed by atoms with Crippen molar-refractivity contribution in [2.45, 2.75) is 6.17 Å². The molecule has 2 aliphatic heterocycles. The molecule has 0 bridgehead atoms. The molecule has 0 aromatic carbocycles. The van der Waals surface area contributed by atoms with E-state index in [2.05, 4.69) is 10.1 Å². The topological polar surface area (TPSA) is 60.7 Å². The van der Waals surface area contributed by atoms with Crippen LogP contribution in [0.25, 0.3) is 0 Å². The van der Waals surface area contributed by atoms with E-state index >= 15 is 0 Å². The molecule has 2 fully saturated rings. The molecule has 0 N–H and O–H groups in total. The summed E-state index contributed by atoms with van der Waals surface area (Å²) in [7, 11) is 0. The molecule has 0 saturated carbocycles. The van der Waals surface area contributed by atoms with Crippen LogP contribution in [0.1, 0.15) is 0 Å². The zero-order chi connectivity index (χ0) is 8.55. The van der Waals surface area contributed by atoms with Crippen LogP contribution in [0.15, 0.2) is 0 Å². The van der Waals surface area contributed by atoms with Crippen LogP contribution >= 0.6 is 11.8 Å². The lowest BCUT2D eigenvalue weighted by Gasteiger charge is -2.18. The van der Waals surface area contributed by atoms with Crippen molar-refractivity contribution < 1.29 is 14.3 Å². The normalized spacial score (nSPS) is 29.0. The maximum Gasteiger partial charge on any atom is 0.431 e. The summed E-state index contributed by atoms with van der Waals surface area (Å²) in [4.78, 5) is 23.3. The maximum atomic E-state index is 11.1. The number of ether oxygens (including phenoxy) is 1. The van der Waals surface area contributed by atoms with E-state index in [1.54, 1.807) is 4.90 Å². The van der Waals surface area contributed by atoms with Crippen LogP contribution in [0, 0.1) is 0 Å². The molecular weight excluding hydrogens is 180 g/mol. The average molecular weight is 187 g/mol. The highest BCUT2D eigenvalue weighted by Gasteiger charge is 2.35. The van der Waals surface area contributed by atoms with E-state index in [4.69, 9.17) is 0 Å². The van der Waals surface area contributed by atoms with Crippen molar-refractivity contribution in [2.75, 3.05) is 18.9 Å². The van der Waals surface area contributed by atoms with Gasteiger partial charge in [-0.2, -0.15) is 5.32 Å². The Labute approximate surface area is 73.4 Å². The van der Waals surface area contributed by atoms with Gasteiger partial charge in [-0.15, -0.1) is 0 Å². The average Bonchev–Trinajstić information content (AvgIpc) is 2.58. The van der Waals surface area contributed by atoms with Gasteiger partial charge in [0.05, 0.1) is 0 Å². The quantitative estimate of drug-likeness (QED) is 0.589. The lowest BCUT2D eigenvalue weighted by molar-refractivity contribution is 0.165. The molecule has 2 rings (SSSR count). The van der Waals surface area contributed by atoms with Gasteiger partial charge < -0.3 is 9.64 Å². The molecular formula is C6H7N2O3S. The van der Waals surface area contributed by atoms with Crippen molar-refractivity contribution in [3.8, 4) is 0 Å². The first-order valence-electron chi connectivity index (χ1n) is 3.58. The molecule has 2 saturated heterocycles. The third-order valence-corrected chi connectivity index (χ3v) is 2.63. The number of carbonyl (C=O) groups is 2. The monoisotopic (exact) mass is 187 g/mol. The van der Waals surface area contributed by atoms with Crippen molar-refractivity contribution in [3.63, 3.8) is 0 Å². The minimum absolute atomic E-state index is 0.0120. The van der Waals surface area contributed by atoms with E-state index in [1.165, 1.54) is 11.8 Å². The Morgan fingerprint density at radius 1 is 1.58 bits per heavy atom. The zero-order valence-electron chi connectivity index (χ0n) is 6.23. The minimum Gasteiger partial charge on any atom is -0.444 e. The first kappa shape index (κ1) is 7.72. The molecule has 0 aromatic heterocycles. The van der Waals surface area contributed by atoms with E-state index in [9.17, 15) is 9.59 Å². The number of amides is 2. The predicted octanol–water partition coefficient (Wildman–Crippen LogP) is 0.236. The van der Waals surface area contributed by atoms with Gasteiger partial charge >= 0.3 is 6.09 Å². The lowest BCUT2D eigenvalue weighted by Crippen LogP contribution is -2.40. The highest BCUT2D eigenvalue weighted by molar-refractivity contribution is 8.13. The summed E-state index contributed by atoms with van der Waals surface area (Å²) in [5.41, 5.74) is 0. The molecule has 2 amide bonds. The molecule has 0 aliphatic carbocycles. The van der Waals surface area contributed by atoms with Crippen LogP contribution in [0.5, 0.6) is 0 Å². The molecule has 6 heteroatoms. The predicted molar refractivity (Wildman–Crippen MR) is 41.8 cm³/mol. The molecule has 65 valence electrons. The fourth-order valence-electron chi connectivity index (χ4n) is 1.18. The summed E-state index contributed by atoms with van der Waals surface area (Å²) < 4.78 is 4.62. The first-order valence-corrected chi connectivity index (χ1v) is 4.57. The molecule has 2 aliphatic rings. The molecule has 12 heavy (non-hydrogen) atoms. The van der Waals surface area contributed by atoms with Crippen LogP contribution in [0.2, 0.25) is 0 Å². The summed E-state index contributed by atoms with van der Waals surface area (Å²) in [5.74, 6) is 0.777. The van der Waals surface area contributed by atoms with Crippen LogP contribution < -0.4 is 5.32 Å². The maximum absolute atomic E-state index is 11.1. The van der Waals surface area contributed by atoms with Gasteiger partial charge in [-0.25, -0.2) is 4.79 Å². The minimum atomic E-state index is -0.565. The van der Waals surface area contributed by atoms with Crippen molar-refractivity contribution in [1.82, 2.24) is 10.2 Å². The second kappa shape index (κ2) is 2.85. The van der Waals surface area contributed by atoms with Gasteiger partial charge in [0.25, 0.3) is 5.24 Å². The smallest absolute Gasteiger partial charge is 0.431 e. The first-order chi connectivity index (χ1) is 5.77. The number of thioether (sulfide) groups is 1. The van der Waals surface area contributed by atoms with Gasteiger partial charge in [0.15, 0.2) is 6.17 Å². The Kier molecular flexibility index (Phi) is 1.84. The van der Waals surface area contributed by atoms with Crippen molar-refractivity contribution >= 4 is 23.1 Å². The second-order valence-corrected chi connectivity index (χ2v) is 3.54. The van der Waals surface area contributed by atoms with Crippen molar-refractivity contribution in [3.05, 3.63) is 0 Å². The number of rotatable bonds is 1. The summed E-state index contributed by atoms with van der Waals surface area (Å²) in [6, 6.07) is 0. The Bertz CT molecular complexity index is 233. The summed E-state index contributed by atoms with van der Waals surface area (Å²) in [5, 5.41) is 3.64. The highest BCUT2D eigenvalue weighted by Crippen LogP contribution is 2.21. The third kappa shape index (κ3) is 1.22. The van der Waals surface area contributed by atoms with Gasteiger partial charge in [0.1, 0.15) is 6.61 Å². The number of nitrogens with zero attached hydrogens (tertiary/aromatic N) is 2. The highest BCUT2D eigenvalue weighted by atomic mass is 32.2. The Morgan fingerprint density at radius 3 is 2.92 bits per heavy atom. The van der Waals surface area contributed by atoms with Gasteiger partial charge in [0.2, 0.25) is 0 Å². The summed E-state index contributed by atoms with van der Waals surface area (Å²) in [6.07, 6.45) is -0.940. The Balaban J connectivity index is 2.00. The van der Waals surface area contributed by atoms with E-state index < -0.39 is 6.09 Å². The Hall–Kier alpha value is -0.910. The fourth-order valence-corrected chi connectivity index (χ4v) is 2.02. The molecule has 1 radical (unpaired) electrons. The van der Waals surface area contributed by atoms with Gasteiger partial charge in [0, 0.05) is 12.3 Å².